The first-order chi connectivity index (χ1) is 12.0. The minimum Gasteiger partial charge on any atom is -0.497 e. The summed E-state index contributed by atoms with van der Waals surface area (Å²) in [5.74, 6) is 1.44. The van der Waals surface area contributed by atoms with E-state index in [1.807, 2.05) is 6.92 Å². The second-order valence-corrected chi connectivity index (χ2v) is 5.47. The summed E-state index contributed by atoms with van der Waals surface area (Å²) in [5.41, 5.74) is 0.471. The molecule has 0 aliphatic carbocycles. The summed E-state index contributed by atoms with van der Waals surface area (Å²) in [5, 5.41) is 9.65. The normalized spacial score (nSPS) is 15.5. The van der Waals surface area contributed by atoms with E-state index in [9.17, 15) is 9.59 Å². The molecule has 2 N–H and O–H groups in total. The molecule has 2 aromatic rings. The van der Waals surface area contributed by atoms with Gasteiger partial charge in [0.25, 0.3) is 5.91 Å². The van der Waals surface area contributed by atoms with Crippen molar-refractivity contribution in [2.75, 3.05) is 24.9 Å². The first-order valence-corrected chi connectivity index (χ1v) is 7.83. The van der Waals surface area contributed by atoms with Crippen LogP contribution in [0.5, 0.6) is 11.5 Å². The van der Waals surface area contributed by atoms with Gasteiger partial charge in [-0.3, -0.25) is 14.9 Å². The molecular weight excluding hydrogens is 326 g/mol. The molecular formula is C16H19N5O4. The van der Waals surface area contributed by atoms with Crippen LogP contribution < -0.4 is 20.1 Å². The Morgan fingerprint density at radius 1 is 1.36 bits per heavy atom. The maximum absolute atomic E-state index is 12.4. The van der Waals surface area contributed by atoms with Gasteiger partial charge in [-0.15, -0.1) is 0 Å². The third-order valence-electron chi connectivity index (χ3n) is 3.88. The highest BCUT2D eigenvalue weighted by Gasteiger charge is 2.34. The fourth-order valence-corrected chi connectivity index (χ4v) is 2.59. The second kappa shape index (κ2) is 6.80. The number of nitrogens with one attached hydrogen (secondary N) is 2. The number of nitrogens with zero attached hydrogens (tertiary/aromatic N) is 3. The Hall–Kier alpha value is -3.10. The number of rotatable bonds is 6. The zero-order chi connectivity index (χ0) is 18.0. The molecule has 9 heteroatoms. The van der Waals surface area contributed by atoms with Gasteiger partial charge >= 0.3 is 0 Å². The van der Waals surface area contributed by atoms with E-state index in [4.69, 9.17) is 9.47 Å². The maximum atomic E-state index is 12.4. The summed E-state index contributed by atoms with van der Waals surface area (Å²) in [6, 6.07) is 4.35. The standard InChI is InChI=1S/C16H19N5O4/c1-4-13-18-16-19-15(23)11(21(16)20-13)8-14(22)17-10-7-9(24-2)5-6-12(10)25-3/h5-7,11H,4,8H2,1-3H3,(H,17,22)(H,18,19,20,23). The third-order valence-corrected chi connectivity index (χ3v) is 3.88. The Bertz CT molecular complexity index is 817. The van der Waals surface area contributed by atoms with Crippen LogP contribution >= 0.6 is 0 Å². The number of aromatic nitrogens is 3. The molecule has 1 aliphatic heterocycles. The van der Waals surface area contributed by atoms with Crippen LogP contribution in [0.25, 0.3) is 0 Å². The van der Waals surface area contributed by atoms with Crippen molar-refractivity contribution >= 4 is 23.5 Å². The summed E-state index contributed by atoms with van der Waals surface area (Å²) < 4.78 is 11.9. The number of carbonyl (C=O) groups excluding carboxylic acids is 2. The minimum atomic E-state index is -0.723. The van der Waals surface area contributed by atoms with Crippen molar-refractivity contribution in [2.24, 2.45) is 0 Å². The molecule has 1 atom stereocenters. The molecule has 1 unspecified atom stereocenters. The third kappa shape index (κ3) is 3.25. The van der Waals surface area contributed by atoms with Crippen LogP contribution in [0.4, 0.5) is 11.6 Å². The molecule has 3 rings (SSSR count). The SMILES string of the molecule is CCc1nc2n(n1)C(CC(=O)Nc1cc(OC)ccc1OC)C(=O)N2. The molecule has 132 valence electrons. The number of fused-ring (bicyclic) bond motifs is 1. The van der Waals surface area contributed by atoms with Gasteiger partial charge in [0.2, 0.25) is 11.9 Å². The highest BCUT2D eigenvalue weighted by Crippen LogP contribution is 2.30. The van der Waals surface area contributed by atoms with E-state index in [0.29, 0.717) is 35.4 Å². The van der Waals surface area contributed by atoms with E-state index in [0.717, 1.165) is 0 Å². The Morgan fingerprint density at radius 3 is 2.84 bits per heavy atom. The molecule has 25 heavy (non-hydrogen) atoms. The number of ether oxygens (including phenoxy) is 2. The summed E-state index contributed by atoms with van der Waals surface area (Å²) in [6.07, 6.45) is 0.585. The van der Waals surface area contributed by atoms with E-state index in [1.54, 1.807) is 18.2 Å². The lowest BCUT2D eigenvalue weighted by Crippen LogP contribution is -2.24. The number of hydrogen-bond acceptors (Lipinski definition) is 6. The highest BCUT2D eigenvalue weighted by atomic mass is 16.5. The lowest BCUT2D eigenvalue weighted by molar-refractivity contribution is -0.123. The van der Waals surface area contributed by atoms with Crippen molar-refractivity contribution in [2.45, 2.75) is 25.8 Å². The maximum Gasteiger partial charge on any atom is 0.252 e. The number of methoxy groups -OCH3 is 2. The van der Waals surface area contributed by atoms with Crippen molar-refractivity contribution in [3.8, 4) is 11.5 Å². The van der Waals surface area contributed by atoms with Crippen molar-refractivity contribution in [3.63, 3.8) is 0 Å². The zero-order valence-corrected chi connectivity index (χ0v) is 14.2. The van der Waals surface area contributed by atoms with E-state index < -0.39 is 6.04 Å². The number of anilines is 2. The van der Waals surface area contributed by atoms with Crippen molar-refractivity contribution < 1.29 is 19.1 Å². The Balaban J connectivity index is 1.75. The number of amides is 2. The Morgan fingerprint density at radius 2 is 2.16 bits per heavy atom. The molecule has 0 fully saturated rings. The average Bonchev–Trinajstić information content (AvgIpc) is 3.13. The highest BCUT2D eigenvalue weighted by molar-refractivity contribution is 6.01. The first-order valence-electron chi connectivity index (χ1n) is 7.83. The van der Waals surface area contributed by atoms with Crippen LogP contribution in [0.3, 0.4) is 0 Å². The van der Waals surface area contributed by atoms with Crippen LogP contribution in [-0.2, 0) is 16.0 Å². The van der Waals surface area contributed by atoms with E-state index in [-0.39, 0.29) is 18.2 Å². The second-order valence-electron chi connectivity index (χ2n) is 5.47. The number of benzene rings is 1. The number of hydrogen-bond donors (Lipinski definition) is 2. The molecule has 0 saturated heterocycles. The van der Waals surface area contributed by atoms with E-state index >= 15 is 0 Å². The summed E-state index contributed by atoms with van der Waals surface area (Å²) >= 11 is 0. The van der Waals surface area contributed by atoms with Crippen molar-refractivity contribution in [1.82, 2.24) is 14.8 Å². The molecule has 2 heterocycles. The quantitative estimate of drug-likeness (QED) is 0.819. The number of aryl methyl sites for hydroxylation is 1. The Labute approximate surface area is 144 Å². The zero-order valence-electron chi connectivity index (χ0n) is 14.2. The Kier molecular flexibility index (Phi) is 4.55. The molecule has 1 aliphatic rings. The van der Waals surface area contributed by atoms with Crippen molar-refractivity contribution in [3.05, 3.63) is 24.0 Å². The molecule has 0 radical (unpaired) electrons. The van der Waals surface area contributed by atoms with Crippen LogP contribution in [0, 0.1) is 0 Å². The molecule has 2 amide bonds. The van der Waals surface area contributed by atoms with Gasteiger partial charge in [0.05, 0.1) is 26.3 Å². The topological polar surface area (TPSA) is 107 Å². The molecule has 9 nitrogen and oxygen atoms in total. The lowest BCUT2D eigenvalue weighted by atomic mass is 10.2. The van der Waals surface area contributed by atoms with Gasteiger partial charge in [-0.1, -0.05) is 6.92 Å². The van der Waals surface area contributed by atoms with Crippen LogP contribution in [0.1, 0.15) is 25.2 Å². The summed E-state index contributed by atoms with van der Waals surface area (Å²) in [6.45, 7) is 1.92. The lowest BCUT2D eigenvalue weighted by Gasteiger charge is -2.13. The molecule has 0 saturated carbocycles. The summed E-state index contributed by atoms with van der Waals surface area (Å²) in [7, 11) is 3.05. The number of carbonyl (C=O) groups is 2. The molecule has 0 spiro atoms. The smallest absolute Gasteiger partial charge is 0.252 e. The van der Waals surface area contributed by atoms with E-state index in [1.165, 1.54) is 18.9 Å². The van der Waals surface area contributed by atoms with Gasteiger partial charge in [-0.25, -0.2) is 4.68 Å². The largest absolute Gasteiger partial charge is 0.497 e. The van der Waals surface area contributed by atoms with Gasteiger partial charge in [0.15, 0.2) is 5.82 Å². The fourth-order valence-electron chi connectivity index (χ4n) is 2.59. The van der Waals surface area contributed by atoms with Crippen LogP contribution in [-0.4, -0.2) is 40.8 Å². The van der Waals surface area contributed by atoms with Gasteiger partial charge in [0, 0.05) is 12.5 Å². The molecule has 1 aromatic heterocycles. The summed E-state index contributed by atoms with van der Waals surface area (Å²) in [4.78, 5) is 28.7. The average molecular weight is 345 g/mol. The first kappa shape index (κ1) is 16.7. The van der Waals surface area contributed by atoms with Gasteiger partial charge in [0.1, 0.15) is 17.5 Å². The molecule has 1 aromatic carbocycles. The van der Waals surface area contributed by atoms with Crippen LogP contribution in [0.15, 0.2) is 18.2 Å². The predicted molar refractivity (Wildman–Crippen MR) is 89.9 cm³/mol. The van der Waals surface area contributed by atoms with Crippen molar-refractivity contribution in [1.29, 1.82) is 0 Å². The van der Waals surface area contributed by atoms with Gasteiger partial charge < -0.3 is 14.8 Å². The van der Waals surface area contributed by atoms with Gasteiger partial charge in [-0.05, 0) is 12.1 Å². The predicted octanol–water partition coefficient (Wildman–Crippen LogP) is 1.38. The minimum absolute atomic E-state index is 0.0638. The fraction of sp³-hybridized carbons (Fsp3) is 0.375. The molecule has 0 bridgehead atoms. The van der Waals surface area contributed by atoms with Gasteiger partial charge in [-0.2, -0.15) is 10.1 Å². The van der Waals surface area contributed by atoms with Crippen LogP contribution in [0.2, 0.25) is 0 Å². The monoisotopic (exact) mass is 345 g/mol. The van der Waals surface area contributed by atoms with E-state index in [2.05, 4.69) is 20.7 Å².